The summed E-state index contributed by atoms with van der Waals surface area (Å²) in [5.41, 5.74) is 8.26. The highest BCUT2D eigenvalue weighted by molar-refractivity contribution is 6.12. The standard InChI is InChI=1S/C24H24N2O5/c1-4-17(24(29)30-5-2)31-23-18-15(21(27)22(18)28)11-16-19(23)20(25)13(3)26(16)12-14-9-7-6-8-10-14/h6-11,17H,4-5,12,25H2,1-3H3. The lowest BCUT2D eigenvalue weighted by atomic mass is 10.0. The van der Waals surface area contributed by atoms with E-state index in [1.54, 1.807) is 19.9 Å². The number of anilines is 1. The summed E-state index contributed by atoms with van der Waals surface area (Å²) in [6.07, 6.45) is -0.564. The number of nitrogens with two attached hydrogens (primary N) is 1. The van der Waals surface area contributed by atoms with Gasteiger partial charge in [0.25, 0.3) is 0 Å². The smallest absolute Gasteiger partial charge is 0.347 e. The number of nitrogens with zero attached hydrogens (tertiary/aromatic N) is 1. The molecular weight excluding hydrogens is 396 g/mol. The van der Waals surface area contributed by atoms with Crippen LogP contribution >= 0.6 is 0 Å². The van der Waals surface area contributed by atoms with Crippen LogP contribution in [0.4, 0.5) is 5.69 Å². The number of carbonyl (C=O) groups excluding carboxylic acids is 1. The van der Waals surface area contributed by atoms with Crippen LogP contribution in [0.3, 0.4) is 0 Å². The zero-order valence-corrected chi connectivity index (χ0v) is 17.7. The molecule has 0 saturated heterocycles. The first-order valence-electron chi connectivity index (χ1n) is 10.3. The number of benzene rings is 2. The molecule has 1 unspecified atom stereocenters. The molecule has 160 valence electrons. The van der Waals surface area contributed by atoms with Gasteiger partial charge in [-0.05, 0) is 31.9 Å². The van der Waals surface area contributed by atoms with Crippen LogP contribution in [0.1, 0.15) is 31.5 Å². The lowest BCUT2D eigenvalue weighted by Crippen LogP contribution is -2.33. The Morgan fingerprint density at radius 3 is 2.45 bits per heavy atom. The highest BCUT2D eigenvalue weighted by Crippen LogP contribution is 2.41. The topological polar surface area (TPSA) is 101 Å². The molecule has 0 aliphatic carbocycles. The minimum Gasteiger partial charge on any atom is -0.477 e. The SMILES string of the molecule is CCOC(=O)C(CC)Oc1c2c(N)c(C)n(Cc3ccccc3)c2cc2c(=O)c(=O)c12. The molecule has 0 aliphatic rings. The molecule has 4 aromatic rings. The van der Waals surface area contributed by atoms with Gasteiger partial charge in [0.15, 0.2) is 6.10 Å². The molecule has 0 bridgehead atoms. The van der Waals surface area contributed by atoms with E-state index in [-0.39, 0.29) is 23.1 Å². The van der Waals surface area contributed by atoms with Crippen LogP contribution in [-0.2, 0) is 16.1 Å². The predicted molar refractivity (Wildman–Crippen MR) is 120 cm³/mol. The molecule has 2 N–H and O–H groups in total. The quantitative estimate of drug-likeness (QED) is 0.364. The normalized spacial score (nSPS) is 12.5. The molecule has 0 spiro atoms. The molecule has 7 heteroatoms. The van der Waals surface area contributed by atoms with Crippen LogP contribution in [0.2, 0.25) is 0 Å². The Morgan fingerprint density at radius 1 is 1.10 bits per heavy atom. The summed E-state index contributed by atoms with van der Waals surface area (Å²) in [5.74, 6) is -0.336. The van der Waals surface area contributed by atoms with Gasteiger partial charge in [-0.1, -0.05) is 37.3 Å². The Bertz CT molecular complexity index is 1360. The molecule has 1 aromatic heterocycles. The van der Waals surface area contributed by atoms with Gasteiger partial charge in [0.1, 0.15) is 5.75 Å². The molecule has 3 aromatic carbocycles. The maximum absolute atomic E-state index is 12.4. The van der Waals surface area contributed by atoms with E-state index in [4.69, 9.17) is 15.2 Å². The molecule has 1 atom stereocenters. The van der Waals surface area contributed by atoms with Crippen LogP contribution < -0.4 is 21.3 Å². The summed E-state index contributed by atoms with van der Waals surface area (Å²) in [7, 11) is 0. The number of aromatic nitrogens is 1. The summed E-state index contributed by atoms with van der Waals surface area (Å²) in [6.45, 7) is 6.13. The highest BCUT2D eigenvalue weighted by Gasteiger charge is 2.29. The van der Waals surface area contributed by atoms with Gasteiger partial charge in [-0.2, -0.15) is 0 Å². The van der Waals surface area contributed by atoms with Crippen LogP contribution in [0, 0.1) is 6.92 Å². The predicted octanol–water partition coefficient (Wildman–Crippen LogP) is 3.05. The molecule has 4 rings (SSSR count). The third-order valence-corrected chi connectivity index (χ3v) is 5.66. The van der Waals surface area contributed by atoms with Gasteiger partial charge in [0, 0.05) is 17.6 Å². The Balaban J connectivity index is 1.94. The number of fused-ring (bicyclic) bond motifs is 2. The van der Waals surface area contributed by atoms with Gasteiger partial charge in [0.05, 0.1) is 28.6 Å². The molecule has 7 nitrogen and oxygen atoms in total. The molecule has 0 fully saturated rings. The highest BCUT2D eigenvalue weighted by atomic mass is 16.6. The van der Waals surface area contributed by atoms with Crippen molar-refractivity contribution in [1.29, 1.82) is 0 Å². The van der Waals surface area contributed by atoms with Gasteiger partial charge in [-0.3, -0.25) is 9.59 Å². The molecular formula is C24H24N2O5. The van der Waals surface area contributed by atoms with E-state index in [2.05, 4.69) is 0 Å². The largest absolute Gasteiger partial charge is 0.477 e. The van der Waals surface area contributed by atoms with E-state index in [1.165, 1.54) is 0 Å². The van der Waals surface area contributed by atoms with Gasteiger partial charge >= 0.3 is 5.97 Å². The number of nitrogen functional groups attached to an aromatic ring is 1. The van der Waals surface area contributed by atoms with E-state index in [1.807, 2.05) is 41.8 Å². The molecule has 0 aliphatic heterocycles. The van der Waals surface area contributed by atoms with Crippen molar-refractivity contribution in [2.24, 2.45) is 0 Å². The first-order valence-corrected chi connectivity index (χ1v) is 10.3. The third-order valence-electron chi connectivity index (χ3n) is 5.66. The maximum Gasteiger partial charge on any atom is 0.347 e. The van der Waals surface area contributed by atoms with Crippen LogP contribution in [-0.4, -0.2) is 23.2 Å². The number of rotatable bonds is 7. The van der Waals surface area contributed by atoms with Gasteiger partial charge in [0.2, 0.25) is 10.9 Å². The van der Waals surface area contributed by atoms with Crippen molar-refractivity contribution in [1.82, 2.24) is 4.57 Å². The molecule has 1 heterocycles. The van der Waals surface area contributed by atoms with E-state index in [0.29, 0.717) is 29.6 Å². The Hall–Kier alpha value is -3.61. The fourth-order valence-corrected chi connectivity index (χ4v) is 3.97. The Kier molecular flexibility index (Phi) is 5.27. The van der Waals surface area contributed by atoms with E-state index in [9.17, 15) is 14.4 Å². The zero-order valence-electron chi connectivity index (χ0n) is 17.7. The fraction of sp³-hybridized carbons (Fsp3) is 0.292. The van der Waals surface area contributed by atoms with E-state index < -0.39 is 22.9 Å². The monoisotopic (exact) mass is 420 g/mol. The molecule has 0 saturated carbocycles. The van der Waals surface area contributed by atoms with Gasteiger partial charge in [-0.15, -0.1) is 0 Å². The zero-order chi connectivity index (χ0) is 22.3. The number of hydrogen-bond donors (Lipinski definition) is 1. The van der Waals surface area contributed by atoms with Crippen LogP contribution in [0.15, 0.2) is 46.0 Å². The van der Waals surface area contributed by atoms with E-state index >= 15 is 0 Å². The van der Waals surface area contributed by atoms with E-state index in [0.717, 1.165) is 11.3 Å². The lowest BCUT2D eigenvalue weighted by Gasteiger charge is -2.19. The molecule has 0 radical (unpaired) electrons. The lowest BCUT2D eigenvalue weighted by molar-refractivity contribution is -0.151. The average Bonchev–Trinajstić information content (AvgIpc) is 3.01. The second-order valence-electron chi connectivity index (χ2n) is 7.52. The van der Waals surface area contributed by atoms with Crippen LogP contribution in [0.5, 0.6) is 5.75 Å². The van der Waals surface area contributed by atoms with Crippen molar-refractivity contribution in [2.45, 2.75) is 39.8 Å². The van der Waals surface area contributed by atoms with Crippen molar-refractivity contribution >= 4 is 33.3 Å². The molecule has 0 amide bonds. The second-order valence-corrected chi connectivity index (χ2v) is 7.52. The number of hydrogen-bond acceptors (Lipinski definition) is 6. The second kappa shape index (κ2) is 7.91. The Morgan fingerprint density at radius 2 is 1.81 bits per heavy atom. The van der Waals surface area contributed by atoms with Crippen molar-refractivity contribution in [3.05, 3.63) is 68.1 Å². The molecule has 31 heavy (non-hydrogen) atoms. The van der Waals surface area contributed by atoms with Crippen molar-refractivity contribution in [2.75, 3.05) is 12.3 Å². The average molecular weight is 420 g/mol. The van der Waals surface area contributed by atoms with Crippen molar-refractivity contribution in [3.63, 3.8) is 0 Å². The summed E-state index contributed by atoms with van der Waals surface area (Å²) in [4.78, 5) is 37.0. The minimum absolute atomic E-state index is 0.184. The fourth-order valence-electron chi connectivity index (χ4n) is 3.97. The van der Waals surface area contributed by atoms with Crippen molar-refractivity contribution < 1.29 is 14.3 Å². The number of ether oxygens (including phenoxy) is 2. The Labute approximate surface area is 178 Å². The summed E-state index contributed by atoms with van der Waals surface area (Å²) in [5, 5.41) is 1.01. The summed E-state index contributed by atoms with van der Waals surface area (Å²) >= 11 is 0. The minimum atomic E-state index is -0.907. The van der Waals surface area contributed by atoms with Gasteiger partial charge < -0.3 is 19.8 Å². The van der Waals surface area contributed by atoms with Crippen LogP contribution in [0.25, 0.3) is 21.7 Å². The summed E-state index contributed by atoms with van der Waals surface area (Å²) in [6, 6.07) is 11.5. The van der Waals surface area contributed by atoms with Crippen molar-refractivity contribution in [3.8, 4) is 5.75 Å². The van der Waals surface area contributed by atoms with Gasteiger partial charge in [-0.25, -0.2) is 4.79 Å². The maximum atomic E-state index is 12.4. The third kappa shape index (κ3) is 3.26. The first-order chi connectivity index (χ1) is 14.9. The number of esters is 1. The number of carbonyl (C=O) groups is 1. The first kappa shape index (κ1) is 20.7. The summed E-state index contributed by atoms with van der Waals surface area (Å²) < 4.78 is 13.1.